The second-order valence-electron chi connectivity index (χ2n) is 4.97. The maximum absolute atomic E-state index is 12.1. The van der Waals surface area contributed by atoms with Gasteiger partial charge in [-0.25, -0.2) is 18.1 Å². The van der Waals surface area contributed by atoms with Crippen LogP contribution >= 0.6 is 0 Å². The van der Waals surface area contributed by atoms with Crippen molar-refractivity contribution in [3.63, 3.8) is 0 Å². The molecule has 0 amide bonds. The molecule has 2 heterocycles. The van der Waals surface area contributed by atoms with Crippen LogP contribution in [-0.4, -0.2) is 39.1 Å². The van der Waals surface area contributed by atoms with Gasteiger partial charge >= 0.3 is 0 Å². The molecule has 0 aliphatic heterocycles. The SMILES string of the molecule is Cn1ncnc1S(=O)(=O)CCCc1nc(-c2ccccc2)no1. The molecule has 0 radical (unpaired) electrons. The zero-order valence-electron chi connectivity index (χ0n) is 12.5. The molecular weight excluding hydrogens is 318 g/mol. The van der Waals surface area contributed by atoms with Gasteiger partial charge in [0, 0.05) is 19.0 Å². The minimum atomic E-state index is -3.46. The lowest BCUT2D eigenvalue weighted by Crippen LogP contribution is -2.13. The molecule has 0 spiro atoms. The van der Waals surface area contributed by atoms with E-state index in [0.29, 0.717) is 24.6 Å². The van der Waals surface area contributed by atoms with Crippen LogP contribution in [0.2, 0.25) is 0 Å². The predicted molar refractivity (Wildman–Crippen MR) is 81.1 cm³/mol. The highest BCUT2D eigenvalue weighted by Crippen LogP contribution is 2.16. The van der Waals surface area contributed by atoms with Crippen LogP contribution in [0.4, 0.5) is 0 Å². The van der Waals surface area contributed by atoms with Gasteiger partial charge in [-0.1, -0.05) is 35.5 Å². The summed E-state index contributed by atoms with van der Waals surface area (Å²) in [6, 6.07) is 9.44. The second-order valence-corrected chi connectivity index (χ2v) is 6.97. The lowest BCUT2D eigenvalue weighted by Gasteiger charge is -2.01. The molecule has 3 rings (SSSR count). The number of aromatic nitrogens is 5. The van der Waals surface area contributed by atoms with Crippen molar-refractivity contribution in [2.75, 3.05) is 5.75 Å². The highest BCUT2D eigenvalue weighted by Gasteiger charge is 2.20. The molecule has 1 aromatic carbocycles. The lowest BCUT2D eigenvalue weighted by molar-refractivity contribution is 0.378. The van der Waals surface area contributed by atoms with Gasteiger partial charge in [-0.3, -0.25) is 0 Å². The average molecular weight is 333 g/mol. The molecule has 0 aliphatic rings. The Hall–Kier alpha value is -2.55. The van der Waals surface area contributed by atoms with Crippen LogP contribution < -0.4 is 0 Å². The molecule has 0 bridgehead atoms. The Kier molecular flexibility index (Phi) is 4.20. The van der Waals surface area contributed by atoms with Gasteiger partial charge in [-0.15, -0.1) is 0 Å². The van der Waals surface area contributed by atoms with Gasteiger partial charge in [0.2, 0.25) is 26.7 Å². The molecule has 23 heavy (non-hydrogen) atoms. The first kappa shape index (κ1) is 15.3. The number of nitrogens with zero attached hydrogens (tertiary/aromatic N) is 5. The minimum Gasteiger partial charge on any atom is -0.339 e. The lowest BCUT2D eigenvalue weighted by atomic mass is 10.2. The van der Waals surface area contributed by atoms with Crippen LogP contribution in [0.15, 0.2) is 46.3 Å². The van der Waals surface area contributed by atoms with Crippen LogP contribution in [0.25, 0.3) is 11.4 Å². The number of sulfone groups is 1. The van der Waals surface area contributed by atoms with E-state index in [9.17, 15) is 8.42 Å². The van der Waals surface area contributed by atoms with Gasteiger partial charge in [-0.2, -0.15) is 10.1 Å². The summed E-state index contributed by atoms with van der Waals surface area (Å²) in [5.74, 6) is 0.858. The summed E-state index contributed by atoms with van der Waals surface area (Å²) in [6.07, 6.45) is 1.97. The molecule has 2 aromatic heterocycles. The number of rotatable bonds is 6. The third-order valence-electron chi connectivity index (χ3n) is 3.25. The number of aryl methyl sites for hydroxylation is 2. The van der Waals surface area contributed by atoms with Crippen LogP contribution in [0.1, 0.15) is 12.3 Å². The van der Waals surface area contributed by atoms with Crippen molar-refractivity contribution in [3.05, 3.63) is 42.5 Å². The molecule has 0 aliphatic carbocycles. The number of hydrogen-bond acceptors (Lipinski definition) is 7. The fraction of sp³-hybridized carbons (Fsp3) is 0.286. The Bertz CT molecular complexity index is 886. The molecular formula is C14H15N5O3S. The number of benzene rings is 1. The normalized spacial score (nSPS) is 11.7. The van der Waals surface area contributed by atoms with Crippen molar-refractivity contribution < 1.29 is 12.9 Å². The first-order valence-corrected chi connectivity index (χ1v) is 8.66. The molecule has 3 aromatic rings. The van der Waals surface area contributed by atoms with E-state index in [1.807, 2.05) is 30.3 Å². The minimum absolute atomic E-state index is 0.0343. The van der Waals surface area contributed by atoms with E-state index >= 15 is 0 Å². The Morgan fingerprint density at radius 3 is 2.70 bits per heavy atom. The fourth-order valence-electron chi connectivity index (χ4n) is 2.13. The van der Waals surface area contributed by atoms with E-state index in [4.69, 9.17) is 4.52 Å². The van der Waals surface area contributed by atoms with Crippen LogP contribution in [0.5, 0.6) is 0 Å². The van der Waals surface area contributed by atoms with Gasteiger partial charge in [0.15, 0.2) is 0 Å². The highest BCUT2D eigenvalue weighted by molar-refractivity contribution is 7.91. The zero-order chi connectivity index (χ0) is 16.3. The summed E-state index contributed by atoms with van der Waals surface area (Å²) in [5.41, 5.74) is 0.856. The first-order valence-electron chi connectivity index (χ1n) is 7.01. The quantitative estimate of drug-likeness (QED) is 0.669. The Morgan fingerprint density at radius 1 is 1.22 bits per heavy atom. The van der Waals surface area contributed by atoms with E-state index in [2.05, 4.69) is 20.2 Å². The smallest absolute Gasteiger partial charge is 0.245 e. The molecule has 0 fully saturated rings. The van der Waals surface area contributed by atoms with E-state index in [1.165, 1.54) is 11.0 Å². The summed E-state index contributed by atoms with van der Waals surface area (Å²) >= 11 is 0. The maximum atomic E-state index is 12.1. The van der Waals surface area contributed by atoms with Crippen LogP contribution in [0.3, 0.4) is 0 Å². The molecule has 0 saturated carbocycles. The largest absolute Gasteiger partial charge is 0.339 e. The summed E-state index contributed by atoms with van der Waals surface area (Å²) in [4.78, 5) is 8.04. The Labute approximate surface area is 133 Å². The van der Waals surface area contributed by atoms with Crippen molar-refractivity contribution in [1.82, 2.24) is 24.9 Å². The van der Waals surface area contributed by atoms with Crippen molar-refractivity contribution in [1.29, 1.82) is 0 Å². The Morgan fingerprint density at radius 2 is 2.00 bits per heavy atom. The molecule has 120 valence electrons. The van der Waals surface area contributed by atoms with E-state index in [0.717, 1.165) is 5.56 Å². The first-order chi connectivity index (χ1) is 11.1. The van der Waals surface area contributed by atoms with Gasteiger partial charge in [0.25, 0.3) is 0 Å². The highest BCUT2D eigenvalue weighted by atomic mass is 32.2. The summed E-state index contributed by atoms with van der Waals surface area (Å²) < 4.78 is 30.7. The van der Waals surface area contributed by atoms with Gasteiger partial charge in [-0.05, 0) is 6.42 Å². The maximum Gasteiger partial charge on any atom is 0.245 e. The van der Waals surface area contributed by atoms with E-state index in [-0.39, 0.29) is 10.9 Å². The van der Waals surface area contributed by atoms with Crippen molar-refractivity contribution in [2.24, 2.45) is 7.05 Å². The topological polar surface area (TPSA) is 104 Å². The van der Waals surface area contributed by atoms with E-state index < -0.39 is 9.84 Å². The Balaban J connectivity index is 1.62. The second kappa shape index (κ2) is 6.29. The third kappa shape index (κ3) is 3.45. The molecule has 0 saturated heterocycles. The predicted octanol–water partition coefficient (Wildman–Crippen LogP) is 1.27. The van der Waals surface area contributed by atoms with Crippen molar-refractivity contribution in [3.8, 4) is 11.4 Å². The zero-order valence-corrected chi connectivity index (χ0v) is 13.3. The molecule has 9 heteroatoms. The van der Waals surface area contributed by atoms with Crippen molar-refractivity contribution >= 4 is 9.84 Å². The molecule has 0 N–H and O–H groups in total. The summed E-state index contributed by atoms with van der Waals surface area (Å²) in [5, 5.41) is 7.64. The van der Waals surface area contributed by atoms with Gasteiger partial charge < -0.3 is 4.52 Å². The third-order valence-corrected chi connectivity index (χ3v) is 5.00. The van der Waals surface area contributed by atoms with Crippen LogP contribution in [-0.2, 0) is 23.3 Å². The average Bonchev–Trinajstić information content (AvgIpc) is 3.17. The fourth-order valence-corrected chi connectivity index (χ4v) is 3.50. The molecule has 0 atom stereocenters. The molecule has 0 unspecified atom stereocenters. The standard InChI is InChI=1S/C14H15N5O3S/c1-19-14(15-10-16-19)23(20,21)9-5-8-12-17-13(18-22-12)11-6-3-2-4-7-11/h2-4,6-7,10H,5,8-9H2,1H3. The van der Waals surface area contributed by atoms with Crippen LogP contribution in [0, 0.1) is 0 Å². The monoisotopic (exact) mass is 333 g/mol. The molecule has 8 nitrogen and oxygen atoms in total. The van der Waals surface area contributed by atoms with E-state index in [1.54, 1.807) is 7.05 Å². The summed E-state index contributed by atoms with van der Waals surface area (Å²) in [7, 11) is -1.92. The summed E-state index contributed by atoms with van der Waals surface area (Å²) in [6.45, 7) is 0. The number of hydrogen-bond donors (Lipinski definition) is 0. The van der Waals surface area contributed by atoms with Gasteiger partial charge in [0.1, 0.15) is 6.33 Å². The van der Waals surface area contributed by atoms with Crippen molar-refractivity contribution in [2.45, 2.75) is 18.0 Å². The van der Waals surface area contributed by atoms with Gasteiger partial charge in [0.05, 0.1) is 5.75 Å².